The molecule has 0 aromatic heterocycles. The van der Waals surface area contributed by atoms with Gasteiger partial charge in [-0.25, -0.2) is 0 Å². The van der Waals surface area contributed by atoms with E-state index in [-0.39, 0.29) is 26.2 Å². The molecule has 0 aliphatic heterocycles. The van der Waals surface area contributed by atoms with Crippen LogP contribution in [0, 0.1) is 6.07 Å². The summed E-state index contributed by atoms with van der Waals surface area (Å²) in [5, 5.41) is 0. The monoisotopic (exact) mass is 371 g/mol. The smallest absolute Gasteiger partial charge is 0 e. The molecule has 0 N–H and O–H groups in total. The van der Waals surface area contributed by atoms with Crippen LogP contribution in [0.1, 0.15) is 22.3 Å². The van der Waals surface area contributed by atoms with Gasteiger partial charge in [0.05, 0.1) is 0 Å². The average Bonchev–Trinajstić information content (AvgIpc) is 3.19. The van der Waals surface area contributed by atoms with E-state index in [0.29, 0.717) is 0 Å². The Morgan fingerprint density at radius 2 is 1.48 bits per heavy atom. The van der Waals surface area contributed by atoms with Gasteiger partial charge in [-0.1, -0.05) is 71.8 Å². The Morgan fingerprint density at radius 3 is 2.35 bits per heavy atom. The van der Waals surface area contributed by atoms with Crippen molar-refractivity contribution in [1.82, 2.24) is 0 Å². The van der Waals surface area contributed by atoms with Crippen LogP contribution in [0.2, 0.25) is 0 Å². The minimum absolute atomic E-state index is 0. The van der Waals surface area contributed by atoms with Gasteiger partial charge in [0, 0.05) is 26.2 Å². The van der Waals surface area contributed by atoms with Crippen LogP contribution in [0.25, 0.3) is 17.2 Å². The third-order valence-electron chi connectivity index (χ3n) is 4.31. The van der Waals surface area contributed by atoms with Crippen LogP contribution < -0.4 is 0 Å². The Labute approximate surface area is 157 Å². The van der Waals surface area contributed by atoms with Gasteiger partial charge in [0.15, 0.2) is 0 Å². The number of allylic oxidation sites excluding steroid dienone is 1. The number of rotatable bonds is 0. The van der Waals surface area contributed by atoms with Crippen LogP contribution in [0.4, 0.5) is 0 Å². The van der Waals surface area contributed by atoms with Crippen molar-refractivity contribution in [2.24, 2.45) is 0 Å². The van der Waals surface area contributed by atoms with Gasteiger partial charge in [0.1, 0.15) is 0 Å². The summed E-state index contributed by atoms with van der Waals surface area (Å²) < 4.78 is 0. The maximum absolute atomic E-state index is 3.30. The Balaban J connectivity index is 0.000000138. The molecule has 3 aromatic rings. The van der Waals surface area contributed by atoms with Crippen LogP contribution in [-0.2, 0) is 39.0 Å². The third-order valence-corrected chi connectivity index (χ3v) is 4.31. The maximum atomic E-state index is 3.30. The molecule has 110 valence electrons. The van der Waals surface area contributed by atoms with E-state index >= 15 is 0 Å². The molecule has 0 saturated heterocycles. The number of fused-ring (bicyclic) bond motifs is 4. The number of benzene rings is 3. The molecule has 5 rings (SSSR count). The fourth-order valence-electron chi connectivity index (χ4n) is 3.19. The topological polar surface area (TPSA) is 0 Å². The van der Waals surface area contributed by atoms with Gasteiger partial charge >= 0.3 is 0 Å². The molecule has 0 bridgehead atoms. The second-order valence-corrected chi connectivity index (χ2v) is 5.70. The molecule has 0 heterocycles. The Kier molecular flexibility index (Phi) is 5.08. The summed E-state index contributed by atoms with van der Waals surface area (Å²) in [6, 6.07) is 26.6. The summed E-state index contributed by atoms with van der Waals surface area (Å²) in [5.74, 6) is 0. The Bertz CT molecular complexity index is 802. The average molecular weight is 373 g/mol. The van der Waals surface area contributed by atoms with Gasteiger partial charge in [-0.05, 0) is 24.0 Å². The summed E-state index contributed by atoms with van der Waals surface area (Å²) in [7, 11) is 0. The summed E-state index contributed by atoms with van der Waals surface area (Å²) >= 11 is 0. The second kappa shape index (κ2) is 7.24. The zero-order valence-corrected chi connectivity index (χ0v) is 15.4. The first-order chi connectivity index (χ1) is 10.9. The number of hydrogen-bond acceptors (Lipinski definition) is 0. The van der Waals surface area contributed by atoms with Crippen molar-refractivity contribution in [1.29, 1.82) is 0 Å². The first-order valence-corrected chi connectivity index (χ1v) is 7.74. The zero-order chi connectivity index (χ0) is 14.8. The third kappa shape index (κ3) is 3.31. The van der Waals surface area contributed by atoms with E-state index in [1.54, 1.807) is 0 Å². The first-order valence-electron chi connectivity index (χ1n) is 7.74. The molecule has 0 atom stereocenters. The van der Waals surface area contributed by atoms with Crippen LogP contribution >= 0.6 is 0 Å². The molecule has 0 saturated carbocycles. The molecule has 0 spiro atoms. The van der Waals surface area contributed by atoms with Crippen molar-refractivity contribution >= 4 is 6.08 Å². The van der Waals surface area contributed by atoms with E-state index < -0.39 is 0 Å². The van der Waals surface area contributed by atoms with Crippen LogP contribution in [0.3, 0.4) is 0 Å². The minimum atomic E-state index is 0. The molecule has 23 heavy (non-hydrogen) atoms. The Morgan fingerprint density at radius 1 is 0.739 bits per heavy atom. The molecule has 0 nitrogen and oxygen atoms in total. The first kappa shape index (κ1) is 16.2. The summed E-state index contributed by atoms with van der Waals surface area (Å²) in [6.45, 7) is 0. The van der Waals surface area contributed by atoms with Crippen molar-refractivity contribution in [3.8, 4) is 11.1 Å². The van der Waals surface area contributed by atoms with E-state index in [9.17, 15) is 0 Å². The van der Waals surface area contributed by atoms with E-state index in [2.05, 4.69) is 78.9 Å². The van der Waals surface area contributed by atoms with Crippen LogP contribution in [-0.4, -0.2) is 0 Å². The van der Waals surface area contributed by atoms with Crippen molar-refractivity contribution < 1.29 is 26.2 Å². The molecular weight excluding hydrogens is 355 g/mol. The van der Waals surface area contributed by atoms with Gasteiger partial charge in [0.2, 0.25) is 0 Å². The minimum Gasteiger partial charge on any atom is -0.179 e. The predicted molar refractivity (Wildman–Crippen MR) is 92.7 cm³/mol. The fraction of sp³-hybridized carbons (Fsp3) is 0.0909. The molecule has 0 fully saturated rings. The molecular formula is C22H17Zr-. The van der Waals surface area contributed by atoms with E-state index in [1.807, 2.05) is 6.07 Å². The molecule has 2 aliphatic rings. The maximum Gasteiger partial charge on any atom is 0 e. The molecule has 1 heteroatoms. The SMILES string of the molecule is C1=Cc2ccccc2C1.[Zr].[c-]1cccc2c1Cc1ccccc1-2. The van der Waals surface area contributed by atoms with E-state index in [4.69, 9.17) is 0 Å². The van der Waals surface area contributed by atoms with E-state index in [0.717, 1.165) is 12.8 Å². The fourth-order valence-corrected chi connectivity index (χ4v) is 3.19. The molecule has 0 amide bonds. The molecule has 2 aliphatic carbocycles. The number of hydrogen-bond donors (Lipinski definition) is 0. The van der Waals surface area contributed by atoms with Gasteiger partial charge in [-0.2, -0.15) is 29.8 Å². The van der Waals surface area contributed by atoms with Crippen molar-refractivity contribution in [2.45, 2.75) is 12.8 Å². The Hall–Kier alpha value is -1.72. The standard InChI is InChI=1S/C13H9.C9H8.Zr/c1-3-7-12-10(5-1)9-11-6-2-4-8-13(11)12;1-2-5-9-7-3-6-8(9)4-1;/h1-5,7-8H,9H2;1-6H,7H2;/q-1;;. The van der Waals surface area contributed by atoms with Gasteiger partial charge in [0.25, 0.3) is 0 Å². The van der Waals surface area contributed by atoms with Gasteiger partial charge in [-0.3, -0.25) is 0 Å². The van der Waals surface area contributed by atoms with E-state index in [1.165, 1.54) is 33.4 Å². The summed E-state index contributed by atoms with van der Waals surface area (Å²) in [5.41, 5.74) is 8.35. The van der Waals surface area contributed by atoms with Crippen molar-refractivity contribution in [2.75, 3.05) is 0 Å². The normalized spacial score (nSPS) is 12.3. The van der Waals surface area contributed by atoms with Crippen molar-refractivity contribution in [3.05, 3.63) is 101 Å². The van der Waals surface area contributed by atoms with Gasteiger partial charge in [-0.15, -0.1) is 5.56 Å². The zero-order valence-electron chi connectivity index (χ0n) is 12.9. The van der Waals surface area contributed by atoms with Crippen LogP contribution in [0.5, 0.6) is 0 Å². The second-order valence-electron chi connectivity index (χ2n) is 5.70. The largest absolute Gasteiger partial charge is 0.179 e. The molecule has 0 unspecified atom stereocenters. The molecule has 3 aromatic carbocycles. The predicted octanol–water partition coefficient (Wildman–Crippen LogP) is 5.31. The molecule has 0 radical (unpaired) electrons. The summed E-state index contributed by atoms with van der Waals surface area (Å²) in [6.07, 6.45) is 6.54. The quantitative estimate of drug-likeness (QED) is 0.367. The van der Waals surface area contributed by atoms with Crippen molar-refractivity contribution in [3.63, 3.8) is 0 Å². The van der Waals surface area contributed by atoms with Crippen LogP contribution in [0.15, 0.2) is 72.8 Å². The van der Waals surface area contributed by atoms with Gasteiger partial charge < -0.3 is 0 Å². The summed E-state index contributed by atoms with van der Waals surface area (Å²) in [4.78, 5) is 0.